The minimum atomic E-state index is -2.16. The van der Waals surface area contributed by atoms with Crippen LogP contribution in [0.2, 0.25) is 54.4 Å². The van der Waals surface area contributed by atoms with Crippen molar-refractivity contribution in [2.24, 2.45) is 0 Å². The Balaban J connectivity index is 3.56. The maximum atomic E-state index is 11.4. The van der Waals surface area contributed by atoms with Gasteiger partial charge in [0.2, 0.25) is 0 Å². The van der Waals surface area contributed by atoms with E-state index in [0.29, 0.717) is 12.8 Å². The molecule has 0 amide bonds. The van der Waals surface area contributed by atoms with Crippen LogP contribution in [0.25, 0.3) is 0 Å². The molecule has 0 aromatic heterocycles. The normalized spacial score (nSPS) is 28.8. The Bertz CT molecular complexity index is 618. The van der Waals surface area contributed by atoms with Gasteiger partial charge in [0.1, 0.15) is 0 Å². The fourth-order valence-electron chi connectivity index (χ4n) is 3.43. The van der Waals surface area contributed by atoms with Crippen LogP contribution in [0.3, 0.4) is 0 Å². The van der Waals surface area contributed by atoms with Gasteiger partial charge in [0, 0.05) is 12.8 Å². The van der Waals surface area contributed by atoms with Crippen molar-refractivity contribution in [1.82, 2.24) is 0 Å². The molecule has 0 aromatic rings. The van der Waals surface area contributed by atoms with Gasteiger partial charge in [-0.15, -0.1) is 0 Å². The van der Waals surface area contributed by atoms with E-state index in [1.807, 2.05) is 0 Å². The van der Waals surface area contributed by atoms with Crippen molar-refractivity contribution in [1.29, 1.82) is 0 Å². The van der Waals surface area contributed by atoms with Crippen LogP contribution < -0.4 is 0 Å². The summed E-state index contributed by atoms with van der Waals surface area (Å²) in [5, 5.41) is 21.6. The van der Waals surface area contributed by atoms with Crippen LogP contribution in [-0.2, 0) is 13.3 Å². The fraction of sp³-hybridized carbons (Fsp3) is 1.00. The quantitative estimate of drug-likeness (QED) is 0.367. The van der Waals surface area contributed by atoms with Crippen LogP contribution >= 0.6 is 0 Å². The monoisotopic (exact) mass is 520 g/mol. The maximum Gasteiger partial charge on any atom is 0.192 e. The van der Waals surface area contributed by atoms with Crippen molar-refractivity contribution < 1.29 is 23.5 Å². The van der Waals surface area contributed by atoms with E-state index in [4.69, 9.17) is 13.3 Å². The first-order valence-corrected chi connectivity index (χ1v) is 21.4. The molecule has 198 valence electrons. The van der Waals surface area contributed by atoms with Gasteiger partial charge >= 0.3 is 0 Å². The molecule has 0 saturated heterocycles. The Morgan fingerprint density at radius 1 is 0.636 bits per heavy atom. The summed E-state index contributed by atoms with van der Waals surface area (Å²) >= 11 is 0. The molecule has 2 N–H and O–H groups in total. The van der Waals surface area contributed by atoms with Crippen molar-refractivity contribution in [3.8, 4) is 0 Å². The summed E-state index contributed by atoms with van der Waals surface area (Å²) in [6, 6.07) is 0. The minimum absolute atomic E-state index is 0.0269. The van der Waals surface area contributed by atoms with Crippen LogP contribution in [-0.4, -0.2) is 65.7 Å². The van der Waals surface area contributed by atoms with Crippen molar-refractivity contribution in [3.05, 3.63) is 0 Å². The topological polar surface area (TPSA) is 68.2 Å². The lowest BCUT2D eigenvalue weighted by Crippen LogP contribution is -2.64. The number of hydrogen-bond acceptors (Lipinski definition) is 5. The number of aliphatic hydroxyl groups is 2. The van der Waals surface area contributed by atoms with E-state index in [9.17, 15) is 10.2 Å². The molecule has 33 heavy (non-hydrogen) atoms. The average Bonchev–Trinajstić information content (AvgIpc) is 2.54. The average molecular weight is 521 g/mol. The van der Waals surface area contributed by atoms with E-state index >= 15 is 0 Å². The summed E-state index contributed by atoms with van der Waals surface area (Å²) in [6.45, 7) is 33.3. The van der Waals surface area contributed by atoms with Crippen molar-refractivity contribution >= 4 is 25.0 Å². The Morgan fingerprint density at radius 2 is 0.909 bits per heavy atom. The zero-order chi connectivity index (χ0) is 26.5. The Hall–Kier alpha value is 0.451. The predicted octanol–water partition coefficient (Wildman–Crippen LogP) is 6.67. The SMILES string of the molecule is CC(C)(C)[Si](C)(C)OC1[C@@H](O[Si](C)(C)C(C)(C)C)CC(O)(CO)C[C@H]1O[Si](C)(C)C(C)(C)C. The van der Waals surface area contributed by atoms with Gasteiger partial charge < -0.3 is 23.5 Å². The highest BCUT2D eigenvalue weighted by atomic mass is 28.4. The molecule has 0 spiro atoms. The van der Waals surface area contributed by atoms with Crippen LogP contribution in [0.5, 0.6) is 0 Å². The second-order valence-electron chi connectivity index (χ2n) is 15.0. The molecule has 1 rings (SSSR count). The highest BCUT2D eigenvalue weighted by Crippen LogP contribution is 2.47. The van der Waals surface area contributed by atoms with Crippen molar-refractivity contribution in [2.45, 2.75) is 153 Å². The largest absolute Gasteiger partial charge is 0.411 e. The van der Waals surface area contributed by atoms with Crippen molar-refractivity contribution in [3.63, 3.8) is 0 Å². The summed E-state index contributed by atoms with van der Waals surface area (Å²) in [5.74, 6) is 0. The van der Waals surface area contributed by atoms with E-state index in [1.165, 1.54) is 0 Å². The van der Waals surface area contributed by atoms with E-state index < -0.39 is 30.6 Å². The van der Waals surface area contributed by atoms with Crippen LogP contribution in [0.15, 0.2) is 0 Å². The highest BCUT2D eigenvalue weighted by molar-refractivity contribution is 6.75. The molecule has 0 aromatic carbocycles. The lowest BCUT2D eigenvalue weighted by atomic mass is 9.80. The third kappa shape index (κ3) is 7.47. The second kappa shape index (κ2) is 9.73. The Morgan fingerprint density at radius 3 is 1.15 bits per heavy atom. The highest BCUT2D eigenvalue weighted by Gasteiger charge is 2.54. The molecule has 1 aliphatic rings. The zero-order valence-corrected chi connectivity index (χ0v) is 27.5. The maximum absolute atomic E-state index is 11.4. The Kier molecular flexibility index (Phi) is 9.28. The first kappa shape index (κ1) is 31.5. The molecular formula is C25H56O5Si3. The molecule has 0 aliphatic heterocycles. The van der Waals surface area contributed by atoms with Gasteiger partial charge in [-0.05, 0) is 54.4 Å². The van der Waals surface area contributed by atoms with Crippen molar-refractivity contribution in [2.75, 3.05) is 6.61 Å². The molecule has 1 saturated carbocycles. The summed E-state index contributed by atoms with van der Waals surface area (Å²) in [6.07, 6.45) is -0.165. The summed E-state index contributed by atoms with van der Waals surface area (Å²) in [7, 11) is -6.46. The lowest BCUT2D eigenvalue weighted by Gasteiger charge is -2.53. The lowest BCUT2D eigenvalue weighted by molar-refractivity contribution is -0.154. The molecular weight excluding hydrogens is 465 g/mol. The molecule has 8 heteroatoms. The summed E-state index contributed by atoms with van der Waals surface area (Å²) in [4.78, 5) is 0. The van der Waals surface area contributed by atoms with Gasteiger partial charge in [0.05, 0.1) is 30.5 Å². The Labute approximate surface area is 208 Å². The van der Waals surface area contributed by atoms with Crippen LogP contribution in [0.4, 0.5) is 0 Å². The third-order valence-corrected chi connectivity index (χ3v) is 22.4. The number of rotatable bonds is 7. The van der Waals surface area contributed by atoms with E-state index in [0.717, 1.165) is 0 Å². The molecule has 0 bridgehead atoms. The molecule has 2 unspecified atom stereocenters. The van der Waals surface area contributed by atoms with Crippen LogP contribution in [0.1, 0.15) is 75.2 Å². The van der Waals surface area contributed by atoms with Gasteiger partial charge in [-0.3, -0.25) is 0 Å². The second-order valence-corrected chi connectivity index (χ2v) is 29.2. The number of hydrogen-bond donors (Lipinski definition) is 2. The molecule has 1 aliphatic carbocycles. The van der Waals surface area contributed by atoms with Gasteiger partial charge in [-0.1, -0.05) is 62.3 Å². The van der Waals surface area contributed by atoms with Gasteiger partial charge in [0.15, 0.2) is 25.0 Å². The minimum Gasteiger partial charge on any atom is -0.411 e. The van der Waals surface area contributed by atoms with Gasteiger partial charge in [-0.25, -0.2) is 0 Å². The standard InChI is InChI=1S/C25H56O5Si3/c1-22(2,3)31(10,11)28-19-16-25(27,18-26)17-20(29-32(12,13)23(4,5)6)21(19)30-33(14,15)24(7,8)9/h19-21,26-27H,16-18H2,1-15H3/t19-,20+,21?,25?. The molecule has 4 atom stereocenters. The summed E-state index contributed by atoms with van der Waals surface area (Å²) < 4.78 is 20.9. The summed E-state index contributed by atoms with van der Waals surface area (Å²) in [5.41, 5.74) is -1.23. The number of aliphatic hydroxyl groups excluding tert-OH is 1. The third-order valence-electron chi connectivity index (χ3n) is 8.93. The smallest absolute Gasteiger partial charge is 0.192 e. The van der Waals surface area contributed by atoms with E-state index in [2.05, 4.69) is 102 Å². The molecule has 1 fully saturated rings. The predicted molar refractivity (Wildman–Crippen MR) is 147 cm³/mol. The first-order valence-electron chi connectivity index (χ1n) is 12.7. The fourth-order valence-corrected chi connectivity index (χ4v) is 7.42. The first-order chi connectivity index (χ1) is 14.3. The molecule has 0 radical (unpaired) electrons. The van der Waals surface area contributed by atoms with Gasteiger partial charge in [0.25, 0.3) is 0 Å². The van der Waals surface area contributed by atoms with Crippen LogP contribution in [0, 0.1) is 0 Å². The molecule has 0 heterocycles. The zero-order valence-electron chi connectivity index (χ0n) is 24.5. The van der Waals surface area contributed by atoms with E-state index in [-0.39, 0.29) is 40.0 Å². The molecule has 5 nitrogen and oxygen atoms in total. The van der Waals surface area contributed by atoms with E-state index in [1.54, 1.807) is 0 Å². The van der Waals surface area contributed by atoms with Gasteiger partial charge in [-0.2, -0.15) is 0 Å².